The summed E-state index contributed by atoms with van der Waals surface area (Å²) in [6.45, 7) is 5.80. The van der Waals surface area contributed by atoms with Gasteiger partial charge in [-0.15, -0.1) is 5.92 Å². The molecule has 2 spiro atoms. The lowest BCUT2D eigenvalue weighted by Crippen LogP contribution is -2.71. The molecule has 14 heteroatoms. The number of hydrogen-bond donors (Lipinski definition) is 11. The normalized spacial score (nSPS) is 36.9. The predicted molar refractivity (Wildman–Crippen MR) is 349 cm³/mol. The number of aryl methyl sites for hydroxylation is 1. The van der Waals surface area contributed by atoms with Crippen molar-refractivity contribution in [2.45, 2.75) is 208 Å². The Labute approximate surface area is 536 Å². The standard InChI is InChI=1S/C77H95N5O9/c1-4-41-38-79-64(78)35-53(41)52(44-17-16-42-11-5-6-12-43(42)29-44)34-58(84)57(83)30-46-22-27-77(62(87)20-18-45-31-61(91-3)59(85)33-51(45)46)28-23-47(32-63(77)88)66-50(19-21-65(89)90)68-55-15-9-13-49-14-10-24-75(49,2)81-40-54(66)69-71(68)70-56(82-55)36-60(86)73-72(70)67-48(39-80-74(67)69)37-76(73)25-7-8-26-76/h5-6,11-12,16-17,29,31,33,35,39,46-47,49-50,52,54-58,63,65-66,68-73,79-85,88-90H,4,7-8,10,14-15,18-21,23-26,28,30,32,34,36-38,40,78H2,1-3H3/t46-,47-,49-,50-,52-,54-,55+,56+,57-,58+,63-,66+,68+,69+,70+,71-,72+,73+,75-,77+/m1/s1. The van der Waals surface area contributed by atoms with Crippen LogP contribution in [0.15, 0.2) is 83.8 Å². The molecule has 11 aliphatic rings. The fourth-order valence-electron chi connectivity index (χ4n) is 22.2. The van der Waals surface area contributed by atoms with Crippen LogP contribution in [-0.2, 0) is 22.4 Å². The molecular formula is C77H95N5O9. The van der Waals surface area contributed by atoms with Gasteiger partial charge < -0.3 is 62.0 Å². The first-order valence-electron chi connectivity index (χ1n) is 35.0. The minimum Gasteiger partial charge on any atom is -0.504 e. The van der Waals surface area contributed by atoms with Crippen LogP contribution >= 0.6 is 0 Å². The number of carbonyl (C=O) groups excluding carboxylic acids is 2. The molecule has 1 aromatic heterocycles. The van der Waals surface area contributed by atoms with Crippen molar-refractivity contribution < 1.29 is 45.0 Å². The van der Waals surface area contributed by atoms with E-state index < -0.39 is 35.9 Å². The van der Waals surface area contributed by atoms with Gasteiger partial charge in [0.25, 0.3) is 0 Å². The largest absolute Gasteiger partial charge is 0.504 e. The number of Topliss-reactive ketones (excluding diaryl/α,β-unsaturated/α-hetero) is 2. The molecule has 15 rings (SSSR count). The first kappa shape index (κ1) is 61.3. The Morgan fingerprint density at radius 1 is 0.868 bits per heavy atom. The monoisotopic (exact) mass is 1230 g/mol. The number of nitrogens with two attached hydrogens (primary N) is 1. The Morgan fingerprint density at radius 3 is 2.48 bits per heavy atom. The molecule has 2 bridgehead atoms. The number of piperidine rings is 1. The van der Waals surface area contributed by atoms with Crippen molar-refractivity contribution in [2.75, 3.05) is 20.2 Å². The number of benzene rings is 3. The Balaban J connectivity index is 0.795. The molecule has 0 radical (unpaired) electrons. The molecule has 91 heavy (non-hydrogen) atoms. The number of hydrogen-bond acceptors (Lipinski definition) is 13. The molecule has 4 aromatic rings. The molecule has 1 saturated heterocycles. The highest BCUT2D eigenvalue weighted by Crippen LogP contribution is 2.72. The topological polar surface area (TPSA) is 243 Å². The summed E-state index contributed by atoms with van der Waals surface area (Å²) in [4.78, 5) is 34.6. The number of ketones is 2. The summed E-state index contributed by atoms with van der Waals surface area (Å²) in [7, 11) is 1.49. The zero-order valence-corrected chi connectivity index (χ0v) is 53.4. The first-order chi connectivity index (χ1) is 44.0. The van der Waals surface area contributed by atoms with Crippen LogP contribution < -0.4 is 26.4 Å². The van der Waals surface area contributed by atoms with Gasteiger partial charge in [0.2, 0.25) is 0 Å². The van der Waals surface area contributed by atoms with Crippen molar-refractivity contribution in [3.05, 3.63) is 117 Å². The van der Waals surface area contributed by atoms with Gasteiger partial charge in [-0.25, -0.2) is 0 Å². The molecule has 14 nitrogen and oxygen atoms in total. The number of nitrogens with one attached hydrogen (secondary N) is 4. The van der Waals surface area contributed by atoms with Gasteiger partial charge in [-0.2, -0.15) is 0 Å². The predicted octanol–water partition coefficient (Wildman–Crippen LogP) is 9.31. The van der Waals surface area contributed by atoms with E-state index in [0.717, 1.165) is 79.0 Å². The highest BCUT2D eigenvalue weighted by Gasteiger charge is 2.70. The number of phenolic OH excluding ortho intramolecular Hbond substituents is 1. The lowest BCUT2D eigenvalue weighted by molar-refractivity contribution is -0.158. The van der Waals surface area contributed by atoms with E-state index in [1.807, 2.05) is 18.2 Å². The molecule has 0 unspecified atom stereocenters. The van der Waals surface area contributed by atoms with Gasteiger partial charge in [0, 0.05) is 90.8 Å². The third kappa shape index (κ3) is 10.2. The molecule has 8 aliphatic carbocycles. The highest BCUT2D eigenvalue weighted by atomic mass is 16.5. The van der Waals surface area contributed by atoms with Gasteiger partial charge in [-0.1, -0.05) is 86.4 Å². The number of ether oxygens (including phenoxy) is 1. The number of fused-ring (bicyclic) bond motifs is 8. The number of carbonyl (C=O) groups is 2. The molecule has 12 N–H and O–H groups in total. The number of H-pyrrole nitrogens is 1. The van der Waals surface area contributed by atoms with E-state index >= 15 is 9.59 Å². The number of dihydropyridines is 1. The summed E-state index contributed by atoms with van der Waals surface area (Å²) in [6.07, 6.45) is 12.3. The summed E-state index contributed by atoms with van der Waals surface area (Å²) in [5, 5.41) is 85.7. The number of phenols is 1. The lowest BCUT2D eigenvalue weighted by atomic mass is 9.38. The van der Waals surface area contributed by atoms with E-state index in [9.17, 15) is 30.6 Å². The van der Waals surface area contributed by atoms with Gasteiger partial charge >= 0.3 is 0 Å². The number of aliphatic hydroxyl groups excluding tert-OH is 4. The Morgan fingerprint density at radius 2 is 1.69 bits per heavy atom. The van der Waals surface area contributed by atoms with Crippen LogP contribution in [0.2, 0.25) is 0 Å². The second-order valence-electron chi connectivity index (χ2n) is 30.6. The second-order valence-corrected chi connectivity index (χ2v) is 30.6. The Hall–Kier alpha value is -5.94. The number of aliphatic hydroxyl groups is 5. The highest BCUT2D eigenvalue weighted by molar-refractivity contribution is 5.89. The number of aromatic nitrogens is 1. The summed E-state index contributed by atoms with van der Waals surface area (Å²) in [5.41, 5.74) is 13.5. The first-order valence-corrected chi connectivity index (χ1v) is 35.0. The number of aromatic hydroxyl groups is 1. The van der Waals surface area contributed by atoms with E-state index in [-0.39, 0.29) is 143 Å². The zero-order valence-electron chi connectivity index (χ0n) is 53.4. The average Bonchev–Trinajstić information content (AvgIpc) is 1.67. The smallest absolute Gasteiger partial charge is 0.160 e. The van der Waals surface area contributed by atoms with Crippen LogP contribution in [0.1, 0.15) is 187 Å². The zero-order chi connectivity index (χ0) is 62.8. The third-order valence-corrected chi connectivity index (χ3v) is 26.3. The summed E-state index contributed by atoms with van der Waals surface area (Å²) < 4.78 is 5.66. The average molecular weight is 1230 g/mol. The van der Waals surface area contributed by atoms with E-state index in [1.165, 1.54) is 42.3 Å². The summed E-state index contributed by atoms with van der Waals surface area (Å²) >= 11 is 0. The van der Waals surface area contributed by atoms with Crippen molar-refractivity contribution in [3.8, 4) is 35.2 Å². The van der Waals surface area contributed by atoms with E-state index in [2.05, 4.69) is 95.0 Å². The van der Waals surface area contributed by atoms with Crippen molar-refractivity contribution in [1.82, 2.24) is 20.9 Å². The van der Waals surface area contributed by atoms with Gasteiger partial charge in [-0.3, -0.25) is 9.59 Å². The van der Waals surface area contributed by atoms with Crippen molar-refractivity contribution in [2.24, 2.45) is 69.8 Å². The SMILES string of the molecule is CCC1=C([C@H](C[C@H](O)[C@H](O)C[C@H]2C#C[C@]3(CC[C@@H]([C@H]4[C@@H](CCC(O)O)[C@@H]5[C@@H]6[C@H]7c8[nH]cc9c8[C@H]8[C@H]6[C@H](CC(=O)[C@@H]8C6(CCCC6)C9)N[C@H]5CC#C[C@@H]5CCC[C@@]5(C)NC[C@@H]74)C[C@H]3O)C(=O)CCc3cc(OC)c(O)cc32)c2ccc3ccccc3c2)C=C(N)NC1. The maximum absolute atomic E-state index is 15.5. The minimum absolute atomic E-state index is 0.00496. The van der Waals surface area contributed by atoms with Crippen LogP contribution in [-0.4, -0.2) is 110 Å². The lowest BCUT2D eigenvalue weighted by Gasteiger charge is -2.68. The Kier molecular flexibility index (Phi) is 16.0. The van der Waals surface area contributed by atoms with Crippen LogP contribution in [0.5, 0.6) is 11.5 Å². The van der Waals surface area contributed by atoms with Gasteiger partial charge in [0.05, 0.1) is 31.2 Å². The fourth-order valence-corrected chi connectivity index (χ4v) is 22.2. The van der Waals surface area contributed by atoms with Gasteiger partial charge in [0.1, 0.15) is 11.2 Å². The van der Waals surface area contributed by atoms with E-state index in [4.69, 9.17) is 10.5 Å². The number of rotatable bonds is 13. The summed E-state index contributed by atoms with van der Waals surface area (Å²) in [6, 6.07) is 17.9. The molecule has 5 saturated carbocycles. The van der Waals surface area contributed by atoms with Crippen molar-refractivity contribution >= 4 is 22.3 Å². The van der Waals surface area contributed by atoms with Crippen LogP contribution in [0.3, 0.4) is 0 Å². The van der Waals surface area contributed by atoms with Gasteiger partial charge in [0.15, 0.2) is 23.6 Å². The number of aromatic amines is 1. The van der Waals surface area contributed by atoms with Crippen LogP contribution in [0, 0.1) is 87.8 Å². The molecular weight excluding hydrogens is 1140 g/mol. The molecule has 3 aliphatic heterocycles. The molecule has 20 atom stereocenters. The molecule has 4 heterocycles. The van der Waals surface area contributed by atoms with E-state index in [0.29, 0.717) is 62.2 Å². The maximum atomic E-state index is 15.5. The fraction of sp³-hybridized carbons (Fsp3) is 0.610. The van der Waals surface area contributed by atoms with Crippen molar-refractivity contribution in [1.29, 1.82) is 0 Å². The van der Waals surface area contributed by atoms with Crippen molar-refractivity contribution in [3.63, 3.8) is 0 Å². The molecule has 0 amide bonds. The van der Waals surface area contributed by atoms with E-state index in [1.54, 1.807) is 12.1 Å². The van der Waals surface area contributed by atoms with Gasteiger partial charge in [-0.05, 0) is 218 Å². The second kappa shape index (κ2) is 23.8. The minimum atomic E-state index is -1.50. The number of allylic oxidation sites excluding steroid dienone is 2. The van der Waals surface area contributed by atoms with Crippen LogP contribution in [0.25, 0.3) is 10.8 Å². The molecule has 482 valence electrons. The summed E-state index contributed by atoms with van der Waals surface area (Å²) in [5.74, 6) is 15.6. The van der Waals surface area contributed by atoms with Crippen LogP contribution in [0.4, 0.5) is 0 Å². The molecule has 6 fully saturated rings. The quantitative estimate of drug-likeness (QED) is 0.0442. The number of methoxy groups -OCH3 is 1. The molecule has 3 aromatic carbocycles. The third-order valence-electron chi connectivity index (χ3n) is 26.3. The Bertz CT molecular complexity index is 3710. The maximum Gasteiger partial charge on any atom is 0.160 e.